The molecule has 41 heavy (non-hydrogen) atoms. The van der Waals surface area contributed by atoms with Crippen molar-refractivity contribution in [3.63, 3.8) is 0 Å². The molecule has 4 aromatic carbocycles. The zero-order valence-electron chi connectivity index (χ0n) is 22.0. The van der Waals surface area contributed by atoms with Crippen molar-refractivity contribution >= 4 is 50.0 Å². The summed E-state index contributed by atoms with van der Waals surface area (Å²) in [6.45, 7) is 0. The third-order valence-electron chi connectivity index (χ3n) is 5.93. The number of anilines is 4. The molecule has 11 nitrogen and oxygen atoms in total. The SMILES string of the molecule is COc1cc(O)cc(Nc2nc3ccccc3nc2NS(=O)(=O)c2cccc(NC(=O)c3cccc(OC)c3)c2)c1. The first-order valence-corrected chi connectivity index (χ1v) is 13.7. The predicted octanol–water partition coefficient (Wildman–Crippen LogP) is 5.15. The summed E-state index contributed by atoms with van der Waals surface area (Å²) in [4.78, 5) is 21.7. The van der Waals surface area contributed by atoms with Crippen molar-refractivity contribution in [2.24, 2.45) is 0 Å². The number of carbonyl (C=O) groups excluding carboxylic acids is 1. The molecular weight excluding hydrogens is 546 g/mol. The lowest BCUT2D eigenvalue weighted by molar-refractivity contribution is 0.102. The van der Waals surface area contributed by atoms with Crippen molar-refractivity contribution in [1.82, 2.24) is 9.97 Å². The van der Waals surface area contributed by atoms with E-state index in [1.54, 1.807) is 60.7 Å². The second-order valence-electron chi connectivity index (χ2n) is 8.77. The maximum atomic E-state index is 13.5. The van der Waals surface area contributed by atoms with Gasteiger partial charge in [-0.1, -0.05) is 24.3 Å². The van der Waals surface area contributed by atoms with Gasteiger partial charge in [0.05, 0.1) is 30.1 Å². The number of nitrogens with one attached hydrogen (secondary N) is 3. The molecule has 0 saturated carbocycles. The molecule has 0 spiro atoms. The Morgan fingerprint density at radius 2 is 1.46 bits per heavy atom. The molecule has 0 unspecified atom stereocenters. The first-order chi connectivity index (χ1) is 19.7. The molecule has 1 aromatic heterocycles. The minimum atomic E-state index is -4.19. The molecule has 5 aromatic rings. The lowest BCUT2D eigenvalue weighted by atomic mass is 10.2. The van der Waals surface area contributed by atoms with E-state index in [1.165, 1.54) is 44.6 Å². The molecule has 0 fully saturated rings. The number of aromatic nitrogens is 2. The fourth-order valence-corrected chi connectivity index (χ4v) is 5.02. The Morgan fingerprint density at radius 1 is 0.756 bits per heavy atom. The molecule has 4 N–H and O–H groups in total. The highest BCUT2D eigenvalue weighted by Crippen LogP contribution is 2.31. The summed E-state index contributed by atoms with van der Waals surface area (Å²) in [6, 6.07) is 23.9. The topological polar surface area (TPSA) is 152 Å². The van der Waals surface area contributed by atoms with Crippen LogP contribution >= 0.6 is 0 Å². The highest BCUT2D eigenvalue weighted by atomic mass is 32.2. The monoisotopic (exact) mass is 571 g/mol. The molecule has 0 radical (unpaired) electrons. The van der Waals surface area contributed by atoms with Crippen LogP contribution in [0.1, 0.15) is 10.4 Å². The number of nitrogens with zero attached hydrogens (tertiary/aromatic N) is 2. The second-order valence-corrected chi connectivity index (χ2v) is 10.5. The maximum absolute atomic E-state index is 13.5. The van der Waals surface area contributed by atoms with Crippen LogP contribution in [0, 0.1) is 0 Å². The number of carbonyl (C=O) groups is 1. The molecule has 0 bridgehead atoms. The van der Waals surface area contributed by atoms with Crippen molar-refractivity contribution < 1.29 is 27.8 Å². The number of hydrogen-bond donors (Lipinski definition) is 4. The Kier molecular flexibility index (Phi) is 7.57. The normalized spacial score (nSPS) is 11.1. The van der Waals surface area contributed by atoms with Gasteiger partial charge < -0.3 is 25.2 Å². The number of para-hydroxylation sites is 2. The third-order valence-corrected chi connectivity index (χ3v) is 7.26. The van der Waals surface area contributed by atoms with Gasteiger partial charge in [-0.15, -0.1) is 0 Å². The smallest absolute Gasteiger partial charge is 0.263 e. The van der Waals surface area contributed by atoms with E-state index < -0.39 is 15.9 Å². The van der Waals surface area contributed by atoms with Gasteiger partial charge in [-0.2, -0.15) is 0 Å². The molecule has 0 aliphatic carbocycles. The number of methoxy groups -OCH3 is 2. The standard InChI is InChI=1S/C29H25N5O6S/c1-39-22-9-5-7-18(13-22)29(36)31-19-8-6-10-24(16-19)41(37,38)34-28-27(32-25-11-3-4-12-26(25)33-28)30-20-14-21(35)17-23(15-20)40-2/h3-17,35H,1-2H3,(H,30,32)(H,31,36)(H,33,34). The van der Waals surface area contributed by atoms with E-state index in [-0.39, 0.29) is 28.0 Å². The Bertz CT molecular complexity index is 1860. The molecule has 1 heterocycles. The predicted molar refractivity (Wildman–Crippen MR) is 156 cm³/mol. The largest absolute Gasteiger partial charge is 0.508 e. The fraction of sp³-hybridized carbons (Fsp3) is 0.0690. The number of benzene rings is 4. The Hall–Kier alpha value is -5.36. The lowest BCUT2D eigenvalue weighted by Gasteiger charge is -2.15. The van der Waals surface area contributed by atoms with Crippen molar-refractivity contribution in [2.45, 2.75) is 4.90 Å². The molecule has 0 atom stereocenters. The summed E-state index contributed by atoms with van der Waals surface area (Å²) in [7, 11) is -1.23. The number of aromatic hydroxyl groups is 1. The lowest BCUT2D eigenvalue weighted by Crippen LogP contribution is -2.17. The fourth-order valence-electron chi connectivity index (χ4n) is 3.96. The van der Waals surface area contributed by atoms with Crippen molar-refractivity contribution in [3.05, 3.63) is 96.6 Å². The average molecular weight is 572 g/mol. The summed E-state index contributed by atoms with van der Waals surface area (Å²) in [6.07, 6.45) is 0. The van der Waals surface area contributed by atoms with Gasteiger partial charge in [0.2, 0.25) is 0 Å². The number of phenols is 1. The van der Waals surface area contributed by atoms with Gasteiger partial charge in [0.25, 0.3) is 15.9 Å². The number of fused-ring (bicyclic) bond motifs is 1. The average Bonchev–Trinajstić information content (AvgIpc) is 2.97. The molecule has 208 valence electrons. The third kappa shape index (κ3) is 6.28. The molecule has 5 rings (SSSR count). The van der Waals surface area contributed by atoms with E-state index in [0.29, 0.717) is 33.8 Å². The molecule has 12 heteroatoms. The van der Waals surface area contributed by atoms with Crippen molar-refractivity contribution in [2.75, 3.05) is 29.6 Å². The zero-order valence-corrected chi connectivity index (χ0v) is 22.8. The molecule has 1 amide bonds. The Labute approximate surface area is 235 Å². The van der Waals surface area contributed by atoms with Gasteiger partial charge in [-0.3, -0.25) is 9.52 Å². The minimum absolute atomic E-state index is 0.0597. The van der Waals surface area contributed by atoms with Crippen LogP contribution in [-0.4, -0.2) is 43.6 Å². The van der Waals surface area contributed by atoms with E-state index in [1.807, 2.05) is 0 Å². The van der Waals surface area contributed by atoms with Gasteiger partial charge in [-0.25, -0.2) is 18.4 Å². The maximum Gasteiger partial charge on any atom is 0.263 e. The zero-order chi connectivity index (χ0) is 29.0. The van der Waals surface area contributed by atoms with E-state index in [0.717, 1.165) is 0 Å². The number of phenolic OH excluding ortho intramolecular Hbond substituents is 1. The number of rotatable bonds is 9. The van der Waals surface area contributed by atoms with Crippen LogP contribution in [0.5, 0.6) is 17.2 Å². The van der Waals surface area contributed by atoms with Gasteiger partial charge in [0.1, 0.15) is 17.2 Å². The minimum Gasteiger partial charge on any atom is -0.508 e. The van der Waals surface area contributed by atoms with Crippen LogP contribution in [0.25, 0.3) is 11.0 Å². The first kappa shape index (κ1) is 27.2. The molecule has 0 aliphatic heterocycles. The Morgan fingerprint density at radius 3 is 2.20 bits per heavy atom. The number of hydrogen-bond acceptors (Lipinski definition) is 9. The Balaban J connectivity index is 1.45. The molecular formula is C29H25N5O6S. The highest BCUT2D eigenvalue weighted by Gasteiger charge is 2.20. The van der Waals surface area contributed by atoms with Gasteiger partial charge >= 0.3 is 0 Å². The van der Waals surface area contributed by atoms with E-state index in [4.69, 9.17) is 9.47 Å². The quantitative estimate of drug-likeness (QED) is 0.188. The van der Waals surface area contributed by atoms with E-state index in [2.05, 4.69) is 25.3 Å². The van der Waals surface area contributed by atoms with Gasteiger partial charge in [0, 0.05) is 35.1 Å². The van der Waals surface area contributed by atoms with E-state index in [9.17, 15) is 18.3 Å². The molecule has 0 aliphatic rings. The summed E-state index contributed by atoms with van der Waals surface area (Å²) < 4.78 is 39.9. The summed E-state index contributed by atoms with van der Waals surface area (Å²) in [5.41, 5.74) is 2.00. The van der Waals surface area contributed by atoms with Gasteiger partial charge in [-0.05, 0) is 48.5 Å². The van der Waals surface area contributed by atoms with Crippen molar-refractivity contribution in [1.29, 1.82) is 0 Å². The summed E-state index contributed by atoms with van der Waals surface area (Å²) in [5.74, 6) is 0.439. The number of sulfonamides is 1. The van der Waals surface area contributed by atoms with Gasteiger partial charge in [0.15, 0.2) is 11.6 Å². The first-order valence-electron chi connectivity index (χ1n) is 12.2. The van der Waals surface area contributed by atoms with Crippen LogP contribution < -0.4 is 24.8 Å². The van der Waals surface area contributed by atoms with E-state index >= 15 is 0 Å². The summed E-state index contributed by atoms with van der Waals surface area (Å²) >= 11 is 0. The van der Waals surface area contributed by atoms with Crippen LogP contribution in [0.4, 0.5) is 23.0 Å². The second kappa shape index (κ2) is 11.4. The van der Waals surface area contributed by atoms with Crippen LogP contribution in [0.15, 0.2) is 95.9 Å². The highest BCUT2D eigenvalue weighted by molar-refractivity contribution is 7.92. The number of amides is 1. The summed E-state index contributed by atoms with van der Waals surface area (Å²) in [5, 5.41) is 15.8. The van der Waals surface area contributed by atoms with Crippen molar-refractivity contribution in [3.8, 4) is 17.2 Å². The number of ether oxygens (including phenoxy) is 2. The van der Waals surface area contributed by atoms with Crippen LogP contribution in [0.2, 0.25) is 0 Å². The molecule has 0 saturated heterocycles. The van der Waals surface area contributed by atoms with Crippen LogP contribution in [-0.2, 0) is 10.0 Å². The van der Waals surface area contributed by atoms with Crippen LogP contribution in [0.3, 0.4) is 0 Å².